The van der Waals surface area contributed by atoms with Gasteiger partial charge in [0.25, 0.3) is 0 Å². The number of ether oxygens (including phenoxy) is 2. The molecule has 0 bridgehead atoms. The van der Waals surface area contributed by atoms with Crippen LogP contribution in [0.25, 0.3) is 0 Å². The van der Waals surface area contributed by atoms with Crippen molar-refractivity contribution in [1.29, 1.82) is 0 Å². The fourth-order valence-electron chi connectivity index (χ4n) is 3.86. The Morgan fingerprint density at radius 2 is 1.94 bits per heavy atom. The highest BCUT2D eigenvalue weighted by Crippen LogP contribution is 2.26. The first-order chi connectivity index (χ1) is 14.8. The van der Waals surface area contributed by atoms with Gasteiger partial charge in [0.05, 0.1) is 19.1 Å². The summed E-state index contributed by atoms with van der Waals surface area (Å²) in [6, 6.07) is 5.71. The molecule has 3 rings (SSSR count). The predicted octanol–water partition coefficient (Wildman–Crippen LogP) is 2.16. The molecule has 0 aromatic heterocycles. The molecule has 7 nitrogen and oxygen atoms in total. The van der Waals surface area contributed by atoms with Crippen LogP contribution in [0.15, 0.2) is 24.3 Å². The van der Waals surface area contributed by atoms with Gasteiger partial charge in [0.15, 0.2) is 0 Å². The van der Waals surface area contributed by atoms with Gasteiger partial charge in [-0.05, 0) is 18.9 Å². The summed E-state index contributed by atoms with van der Waals surface area (Å²) in [6.45, 7) is 4.93. The Morgan fingerprint density at radius 3 is 2.68 bits per heavy atom. The second kappa shape index (κ2) is 10.8. The second-order valence-corrected chi connectivity index (χ2v) is 7.76. The molecule has 0 saturated carbocycles. The topological polar surface area (TPSA) is 71.1 Å². The molecule has 2 amide bonds. The molecule has 1 aromatic rings. The van der Waals surface area contributed by atoms with Crippen molar-refractivity contribution in [1.82, 2.24) is 15.1 Å². The molecule has 2 fully saturated rings. The van der Waals surface area contributed by atoms with E-state index >= 15 is 0 Å². The molecule has 0 radical (unpaired) electrons. The third-order valence-electron chi connectivity index (χ3n) is 5.53. The summed E-state index contributed by atoms with van der Waals surface area (Å²) in [7, 11) is 0. The maximum Gasteiger partial charge on any atom is 0.573 e. The van der Waals surface area contributed by atoms with Gasteiger partial charge in [0, 0.05) is 51.3 Å². The number of benzene rings is 1. The van der Waals surface area contributed by atoms with Crippen LogP contribution in [0.5, 0.6) is 5.75 Å². The number of rotatable bonds is 8. The lowest BCUT2D eigenvalue weighted by Gasteiger charge is -2.33. The Balaban J connectivity index is 1.47. The highest BCUT2D eigenvalue weighted by Gasteiger charge is 2.33. The number of nitrogens with one attached hydrogen (secondary N) is 1. The third kappa shape index (κ3) is 7.39. The Kier molecular flexibility index (Phi) is 8.14. The Labute approximate surface area is 179 Å². The molecule has 1 atom stereocenters. The summed E-state index contributed by atoms with van der Waals surface area (Å²) in [6.07, 6.45) is -3.25. The van der Waals surface area contributed by atoms with Crippen LogP contribution in [0.4, 0.5) is 13.2 Å². The normalized spacial score (nSPS) is 20.5. The maximum absolute atomic E-state index is 12.6. The number of hydrogen-bond donors (Lipinski definition) is 1. The lowest BCUT2D eigenvalue weighted by atomic mass is 9.96. The van der Waals surface area contributed by atoms with Crippen LogP contribution in [0.3, 0.4) is 0 Å². The summed E-state index contributed by atoms with van der Waals surface area (Å²) in [5.74, 6) is -0.946. The fourth-order valence-corrected chi connectivity index (χ4v) is 3.86. The zero-order valence-corrected chi connectivity index (χ0v) is 17.3. The summed E-state index contributed by atoms with van der Waals surface area (Å²) in [4.78, 5) is 28.9. The molecule has 2 aliphatic rings. The lowest BCUT2D eigenvalue weighted by molar-refractivity contribution is -0.274. The molecule has 1 N–H and O–H groups in total. The van der Waals surface area contributed by atoms with Gasteiger partial charge in [-0.25, -0.2) is 0 Å². The number of carbonyl (C=O) groups is 2. The molecule has 0 unspecified atom stereocenters. The standard InChI is InChI=1S/C21H28F3N3O4/c22-21(23,24)31-18-5-2-1-4-16(18)14-25-20(29)17-6-7-19(28)27(15-17)9-3-8-26-10-12-30-13-11-26/h1-2,4-5,17H,3,6-15H2,(H,25,29)/t17-/m0/s1. The van der Waals surface area contributed by atoms with E-state index in [4.69, 9.17) is 4.74 Å². The van der Waals surface area contributed by atoms with Crippen molar-refractivity contribution in [2.24, 2.45) is 5.92 Å². The number of piperidine rings is 1. The maximum atomic E-state index is 12.6. The van der Waals surface area contributed by atoms with E-state index in [0.29, 0.717) is 25.9 Å². The lowest BCUT2D eigenvalue weighted by Crippen LogP contribution is -2.46. The summed E-state index contributed by atoms with van der Waals surface area (Å²) < 4.78 is 47.0. The van der Waals surface area contributed by atoms with Crippen molar-refractivity contribution in [3.63, 3.8) is 0 Å². The number of nitrogens with zero attached hydrogens (tertiary/aromatic N) is 2. The molecule has 10 heteroatoms. The van der Waals surface area contributed by atoms with Crippen LogP contribution in [0.1, 0.15) is 24.8 Å². The summed E-state index contributed by atoms with van der Waals surface area (Å²) in [5, 5.41) is 2.69. The molecule has 1 aromatic carbocycles. The molecule has 2 aliphatic heterocycles. The van der Waals surface area contributed by atoms with E-state index in [-0.39, 0.29) is 35.6 Å². The minimum Gasteiger partial charge on any atom is -0.405 e. The van der Waals surface area contributed by atoms with E-state index in [9.17, 15) is 22.8 Å². The Hall–Kier alpha value is -2.33. The predicted molar refractivity (Wildman–Crippen MR) is 106 cm³/mol. The quantitative estimate of drug-likeness (QED) is 0.667. The van der Waals surface area contributed by atoms with E-state index < -0.39 is 6.36 Å². The van der Waals surface area contributed by atoms with Crippen LogP contribution in [0, 0.1) is 5.92 Å². The van der Waals surface area contributed by atoms with Gasteiger partial charge in [-0.1, -0.05) is 18.2 Å². The summed E-state index contributed by atoms with van der Waals surface area (Å²) >= 11 is 0. The van der Waals surface area contributed by atoms with Gasteiger partial charge in [-0.15, -0.1) is 13.2 Å². The number of para-hydroxylation sites is 1. The van der Waals surface area contributed by atoms with Gasteiger partial charge in [-0.3, -0.25) is 14.5 Å². The molecule has 2 saturated heterocycles. The first-order valence-corrected chi connectivity index (χ1v) is 10.5. The molecule has 0 aliphatic carbocycles. The average molecular weight is 443 g/mol. The molecular weight excluding hydrogens is 415 g/mol. The van der Waals surface area contributed by atoms with E-state index in [1.807, 2.05) is 0 Å². The van der Waals surface area contributed by atoms with Gasteiger partial charge >= 0.3 is 6.36 Å². The number of amides is 2. The van der Waals surface area contributed by atoms with Gasteiger partial charge in [0.1, 0.15) is 5.75 Å². The van der Waals surface area contributed by atoms with E-state index in [2.05, 4.69) is 15.0 Å². The highest BCUT2D eigenvalue weighted by atomic mass is 19.4. The van der Waals surface area contributed by atoms with E-state index in [1.54, 1.807) is 11.0 Å². The zero-order chi connectivity index (χ0) is 22.3. The molecule has 31 heavy (non-hydrogen) atoms. The van der Waals surface area contributed by atoms with Crippen molar-refractivity contribution in [2.75, 3.05) is 45.9 Å². The highest BCUT2D eigenvalue weighted by molar-refractivity contribution is 5.83. The van der Waals surface area contributed by atoms with E-state index in [0.717, 1.165) is 39.3 Å². The van der Waals surface area contributed by atoms with Crippen LogP contribution in [-0.2, 0) is 20.9 Å². The number of alkyl halides is 3. The van der Waals surface area contributed by atoms with Gasteiger partial charge < -0.3 is 19.7 Å². The van der Waals surface area contributed by atoms with Crippen LogP contribution < -0.4 is 10.1 Å². The van der Waals surface area contributed by atoms with Crippen LogP contribution in [-0.4, -0.2) is 73.9 Å². The largest absolute Gasteiger partial charge is 0.573 e. The SMILES string of the molecule is O=C(NCc1ccccc1OC(F)(F)F)[C@H]1CCC(=O)N(CCCN2CCOCC2)C1. The Morgan fingerprint density at radius 1 is 1.19 bits per heavy atom. The minimum absolute atomic E-state index is 0.0370. The number of carbonyl (C=O) groups excluding carboxylic acids is 2. The molecule has 2 heterocycles. The first kappa shape index (κ1) is 23.3. The number of hydrogen-bond acceptors (Lipinski definition) is 5. The summed E-state index contributed by atoms with van der Waals surface area (Å²) in [5.41, 5.74) is 0.238. The first-order valence-electron chi connectivity index (χ1n) is 10.5. The van der Waals surface area contributed by atoms with Crippen molar-refractivity contribution < 1.29 is 32.2 Å². The fraction of sp³-hybridized carbons (Fsp3) is 0.619. The van der Waals surface area contributed by atoms with Crippen LogP contribution in [0.2, 0.25) is 0 Å². The minimum atomic E-state index is -4.80. The van der Waals surface area contributed by atoms with E-state index in [1.165, 1.54) is 18.2 Å². The zero-order valence-electron chi connectivity index (χ0n) is 17.3. The van der Waals surface area contributed by atoms with Gasteiger partial charge in [-0.2, -0.15) is 0 Å². The van der Waals surface area contributed by atoms with Crippen molar-refractivity contribution >= 4 is 11.8 Å². The number of halogens is 3. The van der Waals surface area contributed by atoms with Crippen LogP contribution >= 0.6 is 0 Å². The molecule has 0 spiro atoms. The molecular formula is C21H28F3N3O4. The number of morpholine rings is 1. The van der Waals surface area contributed by atoms with Crippen molar-refractivity contribution in [2.45, 2.75) is 32.2 Å². The monoisotopic (exact) mass is 443 g/mol. The second-order valence-electron chi connectivity index (χ2n) is 7.76. The smallest absolute Gasteiger partial charge is 0.405 e. The third-order valence-corrected chi connectivity index (χ3v) is 5.53. The molecule has 172 valence electrons. The van der Waals surface area contributed by atoms with Crippen molar-refractivity contribution in [3.05, 3.63) is 29.8 Å². The Bertz CT molecular complexity index is 754. The van der Waals surface area contributed by atoms with Gasteiger partial charge in [0.2, 0.25) is 11.8 Å². The van der Waals surface area contributed by atoms with Crippen molar-refractivity contribution in [3.8, 4) is 5.75 Å². The average Bonchev–Trinajstić information content (AvgIpc) is 2.74. The number of likely N-dealkylation sites (tertiary alicyclic amines) is 1.